The summed E-state index contributed by atoms with van der Waals surface area (Å²) in [4.78, 5) is 0. The predicted molar refractivity (Wildman–Crippen MR) is 51.0 cm³/mol. The van der Waals surface area contributed by atoms with Gasteiger partial charge < -0.3 is 9.84 Å². The van der Waals surface area contributed by atoms with Gasteiger partial charge in [0.05, 0.1) is 12.7 Å². The van der Waals surface area contributed by atoms with Crippen LogP contribution in [-0.2, 0) is 0 Å². The molecule has 13 heavy (non-hydrogen) atoms. The van der Waals surface area contributed by atoms with Gasteiger partial charge in [0.2, 0.25) is 0 Å². The van der Waals surface area contributed by atoms with Crippen LogP contribution in [0.2, 0.25) is 0 Å². The van der Waals surface area contributed by atoms with E-state index in [1.807, 2.05) is 31.2 Å². The Morgan fingerprint density at radius 3 is 3.00 bits per heavy atom. The van der Waals surface area contributed by atoms with E-state index in [-0.39, 0.29) is 12.0 Å². The first kappa shape index (κ1) is 8.57. The number of ether oxygens (including phenoxy) is 1. The Labute approximate surface area is 78.2 Å². The third-order valence-corrected chi connectivity index (χ3v) is 2.59. The van der Waals surface area contributed by atoms with Crippen molar-refractivity contribution in [2.24, 2.45) is 0 Å². The number of benzene rings is 1. The molecule has 0 fully saturated rings. The molecular formula is C11H14O2. The van der Waals surface area contributed by atoms with E-state index in [1.54, 1.807) is 0 Å². The smallest absolute Gasteiger partial charge is 0.122 e. The lowest BCUT2D eigenvalue weighted by Crippen LogP contribution is -2.22. The van der Waals surface area contributed by atoms with Crippen LogP contribution in [0.4, 0.5) is 0 Å². The number of hydrogen-bond donors (Lipinski definition) is 1. The highest BCUT2D eigenvalue weighted by Gasteiger charge is 2.24. The maximum absolute atomic E-state index is 9.57. The van der Waals surface area contributed by atoms with Crippen LogP contribution >= 0.6 is 0 Å². The molecule has 1 heterocycles. The second-order valence-electron chi connectivity index (χ2n) is 3.52. The first-order valence-electron chi connectivity index (χ1n) is 4.69. The van der Waals surface area contributed by atoms with Gasteiger partial charge in [-0.1, -0.05) is 18.2 Å². The molecule has 70 valence electrons. The van der Waals surface area contributed by atoms with Crippen LogP contribution in [0.3, 0.4) is 0 Å². The highest BCUT2D eigenvalue weighted by molar-refractivity contribution is 5.38. The van der Waals surface area contributed by atoms with Crippen molar-refractivity contribution in [1.29, 1.82) is 0 Å². The Morgan fingerprint density at radius 1 is 1.46 bits per heavy atom. The first-order valence-corrected chi connectivity index (χ1v) is 4.69. The van der Waals surface area contributed by atoms with Gasteiger partial charge in [-0.3, -0.25) is 0 Å². The predicted octanol–water partition coefficient (Wildman–Crippen LogP) is 1.93. The van der Waals surface area contributed by atoms with E-state index in [0.29, 0.717) is 6.61 Å². The van der Waals surface area contributed by atoms with Crippen LogP contribution in [0.5, 0.6) is 5.75 Å². The van der Waals surface area contributed by atoms with Gasteiger partial charge in [-0.05, 0) is 25.0 Å². The molecule has 1 aromatic carbocycles. The van der Waals surface area contributed by atoms with E-state index in [4.69, 9.17) is 4.74 Å². The Bertz CT molecular complexity index is 294. The van der Waals surface area contributed by atoms with Crippen molar-refractivity contribution in [3.8, 4) is 5.75 Å². The average molecular weight is 178 g/mol. The van der Waals surface area contributed by atoms with E-state index in [2.05, 4.69) is 0 Å². The van der Waals surface area contributed by atoms with Crippen LogP contribution in [0.15, 0.2) is 24.3 Å². The van der Waals surface area contributed by atoms with E-state index in [0.717, 1.165) is 17.7 Å². The molecule has 0 saturated carbocycles. The summed E-state index contributed by atoms with van der Waals surface area (Å²) in [5.41, 5.74) is 1.14. The van der Waals surface area contributed by atoms with Gasteiger partial charge in [-0.2, -0.15) is 0 Å². The third kappa shape index (κ3) is 1.54. The molecule has 2 atom stereocenters. The standard InChI is InChI=1S/C11H14O2/c1-8(12)9-6-7-13-11-5-3-2-4-10(9)11/h2-5,8-9,12H,6-7H2,1H3. The molecule has 2 unspecified atom stereocenters. The lowest BCUT2D eigenvalue weighted by atomic mass is 9.89. The van der Waals surface area contributed by atoms with Crippen LogP contribution in [-0.4, -0.2) is 17.8 Å². The zero-order valence-electron chi connectivity index (χ0n) is 7.73. The zero-order chi connectivity index (χ0) is 9.26. The number of fused-ring (bicyclic) bond motifs is 1. The second-order valence-corrected chi connectivity index (χ2v) is 3.52. The molecular weight excluding hydrogens is 164 g/mol. The Hall–Kier alpha value is -1.02. The SMILES string of the molecule is CC(O)C1CCOc2ccccc21. The van der Waals surface area contributed by atoms with Gasteiger partial charge in [-0.15, -0.1) is 0 Å². The molecule has 0 aliphatic carbocycles. The fraction of sp³-hybridized carbons (Fsp3) is 0.455. The molecule has 1 aromatic rings. The quantitative estimate of drug-likeness (QED) is 0.712. The monoisotopic (exact) mass is 178 g/mol. The maximum atomic E-state index is 9.57. The molecule has 1 aliphatic heterocycles. The molecule has 0 amide bonds. The minimum absolute atomic E-state index is 0.241. The van der Waals surface area contributed by atoms with Gasteiger partial charge in [0, 0.05) is 5.92 Å². The second kappa shape index (κ2) is 3.38. The van der Waals surface area contributed by atoms with E-state index < -0.39 is 0 Å². The lowest BCUT2D eigenvalue weighted by molar-refractivity contribution is 0.132. The molecule has 1 aliphatic rings. The summed E-state index contributed by atoms with van der Waals surface area (Å²) >= 11 is 0. The van der Waals surface area contributed by atoms with Gasteiger partial charge in [0.1, 0.15) is 5.75 Å². The first-order chi connectivity index (χ1) is 6.29. The summed E-state index contributed by atoms with van der Waals surface area (Å²) in [6.45, 7) is 2.55. The van der Waals surface area contributed by atoms with Crippen molar-refractivity contribution in [2.75, 3.05) is 6.61 Å². The summed E-state index contributed by atoms with van der Waals surface area (Å²) in [7, 11) is 0. The highest BCUT2D eigenvalue weighted by atomic mass is 16.5. The summed E-state index contributed by atoms with van der Waals surface area (Å²) < 4.78 is 5.49. The van der Waals surface area contributed by atoms with Gasteiger partial charge in [0.15, 0.2) is 0 Å². The van der Waals surface area contributed by atoms with E-state index in [1.165, 1.54) is 0 Å². The highest BCUT2D eigenvalue weighted by Crippen LogP contribution is 2.35. The molecule has 2 nitrogen and oxygen atoms in total. The van der Waals surface area contributed by atoms with Crippen molar-refractivity contribution in [3.05, 3.63) is 29.8 Å². The van der Waals surface area contributed by atoms with Crippen molar-refractivity contribution in [2.45, 2.75) is 25.4 Å². The number of hydrogen-bond acceptors (Lipinski definition) is 2. The fourth-order valence-corrected chi connectivity index (χ4v) is 1.87. The third-order valence-electron chi connectivity index (χ3n) is 2.59. The Kier molecular flexibility index (Phi) is 2.23. The molecule has 2 heteroatoms. The molecule has 1 N–H and O–H groups in total. The average Bonchev–Trinajstić information content (AvgIpc) is 2.17. The summed E-state index contributed by atoms with van der Waals surface area (Å²) in [6, 6.07) is 7.95. The van der Waals surface area contributed by atoms with Crippen LogP contribution in [0.25, 0.3) is 0 Å². The van der Waals surface area contributed by atoms with Crippen molar-refractivity contribution in [3.63, 3.8) is 0 Å². The fourth-order valence-electron chi connectivity index (χ4n) is 1.87. The zero-order valence-corrected chi connectivity index (χ0v) is 7.73. The Morgan fingerprint density at radius 2 is 2.23 bits per heavy atom. The van der Waals surface area contributed by atoms with Crippen LogP contribution < -0.4 is 4.74 Å². The van der Waals surface area contributed by atoms with Crippen molar-refractivity contribution >= 4 is 0 Å². The number of rotatable bonds is 1. The number of aliphatic hydroxyl groups is 1. The van der Waals surface area contributed by atoms with Crippen molar-refractivity contribution < 1.29 is 9.84 Å². The molecule has 0 radical (unpaired) electrons. The number of aliphatic hydroxyl groups excluding tert-OH is 1. The van der Waals surface area contributed by atoms with Gasteiger partial charge in [0.25, 0.3) is 0 Å². The normalized spacial score (nSPS) is 23.1. The summed E-state index contributed by atoms with van der Waals surface area (Å²) in [5, 5.41) is 9.57. The topological polar surface area (TPSA) is 29.5 Å². The van der Waals surface area contributed by atoms with Gasteiger partial charge >= 0.3 is 0 Å². The van der Waals surface area contributed by atoms with E-state index >= 15 is 0 Å². The number of para-hydroxylation sites is 1. The molecule has 0 spiro atoms. The van der Waals surface area contributed by atoms with Crippen LogP contribution in [0.1, 0.15) is 24.8 Å². The molecule has 2 rings (SSSR count). The minimum Gasteiger partial charge on any atom is -0.493 e. The minimum atomic E-state index is -0.287. The molecule has 0 aromatic heterocycles. The Balaban J connectivity index is 2.37. The summed E-state index contributed by atoms with van der Waals surface area (Å²) in [6.07, 6.45) is 0.624. The lowest BCUT2D eigenvalue weighted by Gasteiger charge is -2.27. The largest absolute Gasteiger partial charge is 0.493 e. The summed E-state index contributed by atoms with van der Waals surface area (Å²) in [5.74, 6) is 1.17. The van der Waals surface area contributed by atoms with Crippen LogP contribution in [0, 0.1) is 0 Å². The molecule has 0 bridgehead atoms. The molecule has 0 saturated heterocycles. The van der Waals surface area contributed by atoms with E-state index in [9.17, 15) is 5.11 Å². The maximum Gasteiger partial charge on any atom is 0.122 e. The van der Waals surface area contributed by atoms with Gasteiger partial charge in [-0.25, -0.2) is 0 Å². The van der Waals surface area contributed by atoms with Crippen molar-refractivity contribution in [1.82, 2.24) is 0 Å².